The van der Waals surface area contributed by atoms with Crippen molar-refractivity contribution in [3.63, 3.8) is 0 Å². The molecule has 188 valence electrons. The predicted molar refractivity (Wildman–Crippen MR) is 125 cm³/mol. The number of nitrogens with zero attached hydrogens (tertiary/aromatic N) is 1. The number of aryl methyl sites for hydroxylation is 1. The van der Waals surface area contributed by atoms with Crippen LogP contribution in [0.2, 0.25) is 0 Å². The van der Waals surface area contributed by atoms with Crippen molar-refractivity contribution >= 4 is 17.1 Å². The Morgan fingerprint density at radius 1 is 1.20 bits per heavy atom. The van der Waals surface area contributed by atoms with Gasteiger partial charge >= 0.3 is 6.09 Å². The molecule has 1 fully saturated rings. The maximum Gasteiger partial charge on any atom is 0.410 e. The first-order chi connectivity index (χ1) is 16.4. The van der Waals surface area contributed by atoms with Crippen LogP contribution in [0.15, 0.2) is 34.7 Å². The van der Waals surface area contributed by atoms with E-state index in [9.17, 15) is 15.0 Å². The van der Waals surface area contributed by atoms with Gasteiger partial charge in [0.1, 0.15) is 28.6 Å². The predicted octanol–water partition coefficient (Wildman–Crippen LogP) is 4.85. The quantitative estimate of drug-likeness (QED) is 0.509. The van der Waals surface area contributed by atoms with Gasteiger partial charge in [0.15, 0.2) is 6.29 Å². The van der Waals surface area contributed by atoms with Crippen LogP contribution in [0.4, 0.5) is 13.6 Å². The number of amides is 1. The first kappa shape index (κ1) is 25.1. The zero-order chi connectivity index (χ0) is 25.5. The highest BCUT2D eigenvalue weighted by Gasteiger charge is 2.31. The van der Waals surface area contributed by atoms with Crippen molar-refractivity contribution in [2.75, 3.05) is 19.7 Å². The van der Waals surface area contributed by atoms with E-state index in [1.807, 2.05) is 19.1 Å². The van der Waals surface area contributed by atoms with E-state index >= 15 is 8.78 Å². The summed E-state index contributed by atoms with van der Waals surface area (Å²) in [4.78, 5) is 14.1. The maximum absolute atomic E-state index is 15.0. The summed E-state index contributed by atoms with van der Waals surface area (Å²) in [5.41, 5.74) is 0.555. The fourth-order valence-electron chi connectivity index (χ4n) is 4.18. The Labute approximate surface area is 201 Å². The third kappa shape index (κ3) is 5.47. The minimum atomic E-state index is -2.01. The van der Waals surface area contributed by atoms with E-state index in [-0.39, 0.29) is 24.3 Å². The molecule has 2 aromatic carbocycles. The van der Waals surface area contributed by atoms with Crippen molar-refractivity contribution in [2.45, 2.75) is 52.1 Å². The highest BCUT2D eigenvalue weighted by molar-refractivity contribution is 5.88. The van der Waals surface area contributed by atoms with Gasteiger partial charge in [-0.05, 0) is 51.5 Å². The molecule has 3 aromatic rings. The Bertz CT molecular complexity index is 1220. The van der Waals surface area contributed by atoms with Gasteiger partial charge in [-0.1, -0.05) is 12.1 Å². The largest absolute Gasteiger partial charge is 0.456 e. The van der Waals surface area contributed by atoms with Crippen LogP contribution in [0.5, 0.6) is 0 Å². The smallest absolute Gasteiger partial charge is 0.410 e. The molecular formula is C26H29F2NO6. The highest BCUT2D eigenvalue weighted by atomic mass is 19.1. The van der Waals surface area contributed by atoms with E-state index in [4.69, 9.17) is 13.9 Å². The lowest BCUT2D eigenvalue weighted by Crippen LogP contribution is -2.48. The number of halogens is 2. The summed E-state index contributed by atoms with van der Waals surface area (Å²) in [6.07, 6.45) is -2.69. The normalized spacial score (nSPS) is 16.8. The molecule has 1 aromatic heterocycles. The topological polar surface area (TPSA) is 92.4 Å². The second-order valence-corrected chi connectivity index (χ2v) is 9.77. The maximum atomic E-state index is 15.0. The fraction of sp³-hybridized carbons (Fsp3) is 0.423. The molecule has 4 rings (SSSR count). The Hall–Kier alpha value is -3.01. The number of fused-ring (bicyclic) bond motifs is 1. The molecule has 1 aliphatic rings. The van der Waals surface area contributed by atoms with Crippen LogP contribution >= 0.6 is 0 Å². The van der Waals surface area contributed by atoms with Gasteiger partial charge in [0.25, 0.3) is 0 Å². The number of hydrogen-bond donors (Lipinski definition) is 2. The van der Waals surface area contributed by atoms with E-state index in [0.29, 0.717) is 29.7 Å². The summed E-state index contributed by atoms with van der Waals surface area (Å²) >= 11 is 0. The van der Waals surface area contributed by atoms with E-state index in [1.54, 1.807) is 31.7 Å². The molecule has 9 heteroatoms. The Morgan fingerprint density at radius 3 is 2.51 bits per heavy atom. The van der Waals surface area contributed by atoms with Crippen molar-refractivity contribution in [3.05, 3.63) is 58.7 Å². The number of morpholine rings is 1. The molecule has 7 nitrogen and oxygen atoms in total. The summed E-state index contributed by atoms with van der Waals surface area (Å²) in [5.74, 6) is -1.97. The van der Waals surface area contributed by atoms with Crippen molar-refractivity contribution in [1.82, 2.24) is 4.90 Å². The summed E-state index contributed by atoms with van der Waals surface area (Å²) in [7, 11) is 0. The number of ether oxygens (including phenoxy) is 2. The molecule has 2 heterocycles. The molecule has 0 radical (unpaired) electrons. The molecule has 1 atom stereocenters. The van der Waals surface area contributed by atoms with Crippen molar-refractivity contribution < 1.29 is 37.7 Å². The van der Waals surface area contributed by atoms with Gasteiger partial charge in [0.2, 0.25) is 0 Å². The summed E-state index contributed by atoms with van der Waals surface area (Å²) in [6, 6.07) is 7.21. The van der Waals surface area contributed by atoms with E-state index in [2.05, 4.69) is 0 Å². The summed E-state index contributed by atoms with van der Waals surface area (Å²) in [5, 5.41) is 19.3. The van der Waals surface area contributed by atoms with E-state index in [0.717, 1.165) is 17.7 Å². The number of aliphatic hydroxyl groups is 2. The van der Waals surface area contributed by atoms with Crippen molar-refractivity contribution in [1.29, 1.82) is 0 Å². The van der Waals surface area contributed by atoms with Gasteiger partial charge in [-0.2, -0.15) is 0 Å². The molecule has 35 heavy (non-hydrogen) atoms. The van der Waals surface area contributed by atoms with Crippen LogP contribution in [0.25, 0.3) is 22.3 Å². The number of carbonyl (C=O) groups is 1. The SMILES string of the molecule is Cc1ccc2c(C[C@H]3CN(C(=O)OC(C)(C)C)CCO3)c(-c3c(F)cc(C(O)O)cc3F)oc2c1. The number of benzene rings is 2. The van der Waals surface area contributed by atoms with Gasteiger partial charge < -0.3 is 29.0 Å². The van der Waals surface area contributed by atoms with Crippen LogP contribution in [-0.2, 0) is 15.9 Å². The van der Waals surface area contributed by atoms with Gasteiger partial charge in [0.05, 0.1) is 24.8 Å². The number of rotatable bonds is 4. The van der Waals surface area contributed by atoms with E-state index < -0.39 is 41.3 Å². The average molecular weight is 490 g/mol. The molecule has 0 spiro atoms. The molecule has 2 N–H and O–H groups in total. The number of aliphatic hydroxyl groups excluding tert-OH is 1. The molecule has 1 aliphatic heterocycles. The summed E-state index contributed by atoms with van der Waals surface area (Å²) < 4.78 is 47.4. The van der Waals surface area contributed by atoms with Crippen molar-refractivity contribution in [2.24, 2.45) is 0 Å². The molecule has 0 bridgehead atoms. The Balaban J connectivity index is 1.72. The standard InChI is InChI=1S/C26H29F2NO6/c1-14-5-6-17-18(12-16-13-29(7-8-33-16)25(32)35-26(2,3)4)23(34-21(17)9-14)22-19(27)10-15(24(30)31)11-20(22)28/h5-6,9-11,16,24,30-31H,7-8,12-13H2,1-4H3/t16-/m0/s1. The van der Waals surface area contributed by atoms with Crippen molar-refractivity contribution in [3.8, 4) is 11.3 Å². The lowest BCUT2D eigenvalue weighted by atomic mass is 9.97. The average Bonchev–Trinajstić information content (AvgIpc) is 3.09. The fourth-order valence-corrected chi connectivity index (χ4v) is 4.18. The zero-order valence-corrected chi connectivity index (χ0v) is 20.1. The van der Waals surface area contributed by atoms with E-state index in [1.165, 1.54) is 0 Å². The second kappa shape index (κ2) is 9.56. The van der Waals surface area contributed by atoms with Gasteiger partial charge in [0, 0.05) is 29.5 Å². The third-order valence-corrected chi connectivity index (χ3v) is 5.76. The molecular weight excluding hydrogens is 460 g/mol. The highest BCUT2D eigenvalue weighted by Crippen LogP contribution is 2.39. The monoisotopic (exact) mass is 489 g/mol. The van der Waals surface area contributed by atoms with Crippen LogP contribution in [0, 0.1) is 18.6 Å². The molecule has 1 saturated heterocycles. The van der Waals surface area contributed by atoms with Gasteiger partial charge in [-0.15, -0.1) is 0 Å². The van der Waals surface area contributed by atoms with Gasteiger partial charge in [-0.3, -0.25) is 0 Å². The van der Waals surface area contributed by atoms with Crippen LogP contribution < -0.4 is 0 Å². The first-order valence-electron chi connectivity index (χ1n) is 11.4. The Morgan fingerprint density at radius 2 is 1.89 bits per heavy atom. The first-order valence-corrected chi connectivity index (χ1v) is 11.4. The third-order valence-electron chi connectivity index (χ3n) is 5.76. The molecule has 0 saturated carbocycles. The molecule has 0 unspecified atom stereocenters. The number of hydrogen-bond acceptors (Lipinski definition) is 6. The minimum Gasteiger partial charge on any atom is -0.456 e. The second-order valence-electron chi connectivity index (χ2n) is 9.77. The zero-order valence-electron chi connectivity index (χ0n) is 20.1. The Kier molecular flexibility index (Phi) is 6.86. The van der Waals surface area contributed by atoms with Crippen LogP contribution in [-0.4, -0.2) is 52.6 Å². The van der Waals surface area contributed by atoms with Crippen LogP contribution in [0.3, 0.4) is 0 Å². The van der Waals surface area contributed by atoms with Crippen LogP contribution in [0.1, 0.15) is 43.8 Å². The van der Waals surface area contributed by atoms with Gasteiger partial charge in [-0.25, -0.2) is 13.6 Å². The minimum absolute atomic E-state index is 0.00225. The lowest BCUT2D eigenvalue weighted by molar-refractivity contribution is -0.0429. The number of furan rings is 1. The summed E-state index contributed by atoms with van der Waals surface area (Å²) in [6.45, 7) is 8.16. The lowest BCUT2D eigenvalue weighted by Gasteiger charge is -2.34. The molecule has 0 aliphatic carbocycles. The molecule has 1 amide bonds. The number of carbonyl (C=O) groups excluding carboxylic acids is 1.